The first-order chi connectivity index (χ1) is 8.95. The Morgan fingerprint density at radius 2 is 1.74 bits per heavy atom. The third-order valence-corrected chi connectivity index (χ3v) is 2.77. The van der Waals surface area contributed by atoms with Crippen LogP contribution in [0.3, 0.4) is 0 Å². The largest absolute Gasteiger partial charge is 0.379 e. The van der Waals surface area contributed by atoms with Crippen LogP contribution in [0.25, 0.3) is 0 Å². The fraction of sp³-hybridized carbons (Fsp3) is 0.933. The predicted octanol–water partition coefficient (Wildman–Crippen LogP) is 2.65. The van der Waals surface area contributed by atoms with Crippen LogP contribution in [-0.2, 0) is 4.74 Å². The van der Waals surface area contributed by atoms with E-state index in [2.05, 4.69) is 50.2 Å². The molecule has 114 valence electrons. The van der Waals surface area contributed by atoms with Crippen molar-refractivity contribution in [3.63, 3.8) is 0 Å². The fourth-order valence-corrected chi connectivity index (χ4v) is 1.64. The molecule has 4 nitrogen and oxygen atoms in total. The summed E-state index contributed by atoms with van der Waals surface area (Å²) in [7, 11) is 1.81. The van der Waals surface area contributed by atoms with Gasteiger partial charge in [-0.2, -0.15) is 0 Å². The molecule has 0 aliphatic carbocycles. The van der Waals surface area contributed by atoms with Gasteiger partial charge in [0, 0.05) is 26.2 Å². The van der Waals surface area contributed by atoms with Gasteiger partial charge in [-0.15, -0.1) is 0 Å². The van der Waals surface area contributed by atoms with E-state index in [0.29, 0.717) is 12.0 Å². The van der Waals surface area contributed by atoms with E-state index in [4.69, 9.17) is 4.74 Å². The lowest BCUT2D eigenvalue weighted by atomic mass is 10.0. The first-order valence-electron chi connectivity index (χ1n) is 7.50. The molecule has 0 saturated heterocycles. The van der Waals surface area contributed by atoms with E-state index in [1.165, 1.54) is 12.8 Å². The molecular formula is C15H33N3O. The standard InChI is InChI=1S/C15H33N3O/c1-12(2)7-8-14(5)18-15(16-6)17-9-10-19-11-13(3)4/h12-14H,7-11H2,1-6H3,(H2,16,17,18). The number of nitrogens with one attached hydrogen (secondary N) is 2. The molecule has 4 heteroatoms. The second-order valence-electron chi connectivity index (χ2n) is 5.98. The zero-order valence-electron chi connectivity index (χ0n) is 13.6. The average molecular weight is 271 g/mol. The summed E-state index contributed by atoms with van der Waals surface area (Å²) in [5.74, 6) is 2.21. The second-order valence-corrected chi connectivity index (χ2v) is 5.98. The van der Waals surface area contributed by atoms with Crippen molar-refractivity contribution in [1.82, 2.24) is 10.6 Å². The number of rotatable bonds is 9. The van der Waals surface area contributed by atoms with E-state index in [1.807, 2.05) is 0 Å². The molecule has 0 aromatic heterocycles. The highest BCUT2D eigenvalue weighted by Crippen LogP contribution is 2.06. The molecule has 0 aliphatic rings. The van der Waals surface area contributed by atoms with Gasteiger partial charge in [0.2, 0.25) is 0 Å². The molecule has 1 atom stereocenters. The molecule has 0 bridgehead atoms. The number of ether oxygens (including phenoxy) is 1. The van der Waals surface area contributed by atoms with Crippen LogP contribution in [0.4, 0.5) is 0 Å². The summed E-state index contributed by atoms with van der Waals surface area (Å²) in [6.07, 6.45) is 2.41. The number of aliphatic imine (C=N–C) groups is 1. The predicted molar refractivity (Wildman–Crippen MR) is 83.7 cm³/mol. The van der Waals surface area contributed by atoms with Crippen LogP contribution < -0.4 is 10.6 Å². The summed E-state index contributed by atoms with van der Waals surface area (Å²) in [6, 6.07) is 0.449. The van der Waals surface area contributed by atoms with E-state index in [9.17, 15) is 0 Å². The Bertz CT molecular complexity index is 240. The van der Waals surface area contributed by atoms with Gasteiger partial charge in [-0.25, -0.2) is 0 Å². The topological polar surface area (TPSA) is 45.7 Å². The van der Waals surface area contributed by atoms with Crippen molar-refractivity contribution in [2.24, 2.45) is 16.8 Å². The maximum atomic E-state index is 5.53. The van der Waals surface area contributed by atoms with Crippen molar-refractivity contribution in [2.75, 3.05) is 26.8 Å². The number of nitrogens with zero attached hydrogens (tertiary/aromatic N) is 1. The molecule has 0 amide bonds. The maximum Gasteiger partial charge on any atom is 0.191 e. The Morgan fingerprint density at radius 1 is 1.05 bits per heavy atom. The van der Waals surface area contributed by atoms with Gasteiger partial charge in [0.15, 0.2) is 5.96 Å². The van der Waals surface area contributed by atoms with Crippen molar-refractivity contribution in [1.29, 1.82) is 0 Å². The van der Waals surface area contributed by atoms with E-state index >= 15 is 0 Å². The minimum Gasteiger partial charge on any atom is -0.379 e. The smallest absolute Gasteiger partial charge is 0.191 e. The Morgan fingerprint density at radius 3 is 2.26 bits per heavy atom. The van der Waals surface area contributed by atoms with Crippen molar-refractivity contribution < 1.29 is 4.74 Å². The molecule has 0 saturated carbocycles. The molecule has 0 rings (SSSR count). The van der Waals surface area contributed by atoms with Gasteiger partial charge in [0.1, 0.15) is 0 Å². The van der Waals surface area contributed by atoms with Gasteiger partial charge in [-0.05, 0) is 31.6 Å². The highest BCUT2D eigenvalue weighted by molar-refractivity contribution is 5.79. The second kappa shape index (κ2) is 11.1. The molecule has 0 aliphatic heterocycles. The van der Waals surface area contributed by atoms with Crippen LogP contribution in [0, 0.1) is 11.8 Å². The monoisotopic (exact) mass is 271 g/mol. The molecule has 1 unspecified atom stereocenters. The van der Waals surface area contributed by atoms with Crippen molar-refractivity contribution in [3.05, 3.63) is 0 Å². The van der Waals surface area contributed by atoms with Crippen LogP contribution in [0.2, 0.25) is 0 Å². The van der Waals surface area contributed by atoms with E-state index in [0.717, 1.165) is 31.6 Å². The molecule has 0 heterocycles. The maximum absolute atomic E-state index is 5.53. The van der Waals surface area contributed by atoms with E-state index in [-0.39, 0.29) is 0 Å². The molecule has 0 aromatic rings. The zero-order valence-corrected chi connectivity index (χ0v) is 13.6. The highest BCUT2D eigenvalue weighted by Gasteiger charge is 2.05. The average Bonchev–Trinajstić information content (AvgIpc) is 2.34. The quantitative estimate of drug-likeness (QED) is 0.385. The van der Waals surface area contributed by atoms with Crippen LogP contribution in [0.1, 0.15) is 47.5 Å². The van der Waals surface area contributed by atoms with Gasteiger partial charge in [-0.3, -0.25) is 4.99 Å². The minimum atomic E-state index is 0.449. The number of hydrogen-bond donors (Lipinski definition) is 2. The van der Waals surface area contributed by atoms with Crippen LogP contribution in [0.5, 0.6) is 0 Å². The lowest BCUT2D eigenvalue weighted by Crippen LogP contribution is -2.43. The summed E-state index contributed by atoms with van der Waals surface area (Å²) in [4.78, 5) is 4.23. The fourth-order valence-electron chi connectivity index (χ4n) is 1.64. The third-order valence-electron chi connectivity index (χ3n) is 2.77. The normalized spacial score (nSPS) is 14.0. The summed E-state index contributed by atoms with van der Waals surface area (Å²) in [5.41, 5.74) is 0. The van der Waals surface area contributed by atoms with Crippen molar-refractivity contribution in [3.8, 4) is 0 Å². The number of hydrogen-bond acceptors (Lipinski definition) is 2. The molecule has 2 N–H and O–H groups in total. The lowest BCUT2D eigenvalue weighted by Gasteiger charge is -2.18. The Kier molecular flexibility index (Phi) is 10.6. The van der Waals surface area contributed by atoms with E-state index in [1.54, 1.807) is 7.05 Å². The first kappa shape index (κ1) is 18.2. The van der Waals surface area contributed by atoms with Gasteiger partial charge in [-0.1, -0.05) is 27.7 Å². The molecule has 19 heavy (non-hydrogen) atoms. The van der Waals surface area contributed by atoms with Crippen LogP contribution in [0.15, 0.2) is 4.99 Å². The summed E-state index contributed by atoms with van der Waals surface area (Å²) < 4.78 is 5.53. The molecule has 0 radical (unpaired) electrons. The number of guanidine groups is 1. The Labute approximate surface area is 119 Å². The highest BCUT2D eigenvalue weighted by atomic mass is 16.5. The Hall–Kier alpha value is -0.770. The SMILES string of the molecule is CN=C(NCCOCC(C)C)NC(C)CCC(C)C. The zero-order chi connectivity index (χ0) is 14.7. The summed E-state index contributed by atoms with van der Waals surface area (Å²) in [5, 5.41) is 6.68. The first-order valence-corrected chi connectivity index (χ1v) is 7.50. The molecular weight excluding hydrogens is 238 g/mol. The van der Waals surface area contributed by atoms with Gasteiger partial charge in [0.05, 0.1) is 6.61 Å². The van der Waals surface area contributed by atoms with Gasteiger partial charge in [0.25, 0.3) is 0 Å². The van der Waals surface area contributed by atoms with Crippen molar-refractivity contribution in [2.45, 2.75) is 53.5 Å². The van der Waals surface area contributed by atoms with Crippen LogP contribution in [-0.4, -0.2) is 38.8 Å². The van der Waals surface area contributed by atoms with E-state index < -0.39 is 0 Å². The van der Waals surface area contributed by atoms with Gasteiger partial charge < -0.3 is 15.4 Å². The van der Waals surface area contributed by atoms with Crippen molar-refractivity contribution >= 4 is 5.96 Å². The van der Waals surface area contributed by atoms with Crippen LogP contribution >= 0.6 is 0 Å². The third kappa shape index (κ3) is 12.0. The Balaban J connectivity index is 3.71. The lowest BCUT2D eigenvalue weighted by molar-refractivity contribution is 0.114. The summed E-state index contributed by atoms with van der Waals surface area (Å²) in [6.45, 7) is 13.4. The molecule has 0 aromatic carbocycles. The summed E-state index contributed by atoms with van der Waals surface area (Å²) >= 11 is 0. The van der Waals surface area contributed by atoms with Gasteiger partial charge >= 0.3 is 0 Å². The molecule has 0 spiro atoms. The molecule has 0 fully saturated rings. The minimum absolute atomic E-state index is 0.449.